The van der Waals surface area contributed by atoms with Crippen molar-refractivity contribution in [3.05, 3.63) is 24.5 Å². The number of sulfonamides is 1. The van der Waals surface area contributed by atoms with E-state index < -0.39 is 10.0 Å². The van der Waals surface area contributed by atoms with Crippen LogP contribution in [0.5, 0.6) is 0 Å². The third-order valence-corrected chi connectivity index (χ3v) is 2.67. The zero-order chi connectivity index (χ0) is 9.47. The Labute approximate surface area is 74.6 Å². The van der Waals surface area contributed by atoms with E-state index in [1.165, 1.54) is 6.20 Å². The third kappa shape index (κ3) is 1.30. The SMILES string of the molecule is NS(=O)(=O)c1c[nH]c2ncccc12. The molecule has 0 saturated heterocycles. The number of fused-ring (bicyclic) bond motifs is 1. The van der Waals surface area contributed by atoms with E-state index in [1.54, 1.807) is 18.3 Å². The van der Waals surface area contributed by atoms with Crippen LogP contribution < -0.4 is 5.14 Å². The predicted octanol–water partition coefficient (Wildman–Crippen LogP) is 0.210. The molecule has 2 heterocycles. The van der Waals surface area contributed by atoms with Gasteiger partial charge in [0, 0.05) is 17.8 Å². The van der Waals surface area contributed by atoms with E-state index in [9.17, 15) is 8.42 Å². The molecule has 2 rings (SSSR count). The molecule has 0 radical (unpaired) electrons. The molecule has 0 aliphatic heterocycles. The van der Waals surface area contributed by atoms with Gasteiger partial charge in [0.15, 0.2) is 0 Å². The second-order valence-corrected chi connectivity index (χ2v) is 4.13. The number of nitrogens with two attached hydrogens (primary N) is 1. The molecule has 2 aromatic rings. The molecule has 5 nitrogen and oxygen atoms in total. The van der Waals surface area contributed by atoms with E-state index in [0.717, 1.165) is 0 Å². The summed E-state index contributed by atoms with van der Waals surface area (Å²) in [7, 11) is -3.66. The molecule has 0 unspecified atom stereocenters. The first-order valence-corrected chi connectivity index (χ1v) is 5.08. The second kappa shape index (κ2) is 2.54. The summed E-state index contributed by atoms with van der Waals surface area (Å²) in [5.74, 6) is 0. The van der Waals surface area contributed by atoms with Crippen LogP contribution in [0, 0.1) is 0 Å². The highest BCUT2D eigenvalue weighted by Crippen LogP contribution is 2.18. The highest BCUT2D eigenvalue weighted by molar-refractivity contribution is 7.89. The molecule has 68 valence electrons. The monoisotopic (exact) mass is 197 g/mol. The number of hydrogen-bond donors (Lipinski definition) is 2. The van der Waals surface area contributed by atoms with Crippen molar-refractivity contribution in [1.82, 2.24) is 9.97 Å². The number of H-pyrrole nitrogens is 1. The van der Waals surface area contributed by atoms with Crippen LogP contribution in [-0.2, 0) is 10.0 Å². The maximum atomic E-state index is 11.0. The van der Waals surface area contributed by atoms with E-state index in [4.69, 9.17) is 5.14 Å². The smallest absolute Gasteiger partial charge is 0.240 e. The van der Waals surface area contributed by atoms with Gasteiger partial charge in [0.2, 0.25) is 10.0 Å². The normalized spacial score (nSPS) is 12.1. The lowest BCUT2D eigenvalue weighted by Crippen LogP contribution is -2.11. The maximum Gasteiger partial charge on any atom is 0.240 e. The molecule has 0 bridgehead atoms. The predicted molar refractivity (Wildman–Crippen MR) is 47.5 cm³/mol. The molecule has 6 heteroatoms. The van der Waals surface area contributed by atoms with Crippen molar-refractivity contribution < 1.29 is 8.42 Å². The molecule has 0 fully saturated rings. The van der Waals surface area contributed by atoms with Crippen molar-refractivity contribution in [1.29, 1.82) is 0 Å². The number of primary sulfonamides is 1. The quantitative estimate of drug-likeness (QED) is 0.684. The van der Waals surface area contributed by atoms with Gasteiger partial charge in [-0.25, -0.2) is 18.5 Å². The van der Waals surface area contributed by atoms with E-state index >= 15 is 0 Å². The van der Waals surface area contributed by atoms with Crippen molar-refractivity contribution in [2.24, 2.45) is 5.14 Å². The van der Waals surface area contributed by atoms with Crippen molar-refractivity contribution >= 4 is 21.1 Å². The highest BCUT2D eigenvalue weighted by atomic mass is 32.2. The number of rotatable bonds is 1. The minimum atomic E-state index is -3.66. The van der Waals surface area contributed by atoms with Gasteiger partial charge >= 0.3 is 0 Å². The Morgan fingerprint density at radius 3 is 2.92 bits per heavy atom. The number of nitrogens with one attached hydrogen (secondary N) is 1. The van der Waals surface area contributed by atoms with Crippen molar-refractivity contribution in [2.75, 3.05) is 0 Å². The molecular formula is C7H7N3O2S. The second-order valence-electron chi connectivity index (χ2n) is 2.60. The van der Waals surface area contributed by atoms with Crippen LogP contribution in [0.4, 0.5) is 0 Å². The molecular weight excluding hydrogens is 190 g/mol. The number of hydrogen-bond acceptors (Lipinski definition) is 3. The van der Waals surface area contributed by atoms with Gasteiger partial charge in [-0.1, -0.05) is 0 Å². The van der Waals surface area contributed by atoms with Gasteiger partial charge < -0.3 is 4.98 Å². The van der Waals surface area contributed by atoms with Crippen LogP contribution in [0.2, 0.25) is 0 Å². The molecule has 0 aromatic carbocycles. The standard InChI is InChI=1S/C7H7N3O2S/c8-13(11,12)6-4-10-7-5(6)2-1-3-9-7/h1-4H,(H,9,10)(H2,8,11,12). The fourth-order valence-electron chi connectivity index (χ4n) is 1.17. The van der Waals surface area contributed by atoms with E-state index in [0.29, 0.717) is 11.0 Å². The Kier molecular flexibility index (Phi) is 1.61. The minimum absolute atomic E-state index is 0.0793. The van der Waals surface area contributed by atoms with Crippen LogP contribution >= 0.6 is 0 Å². The van der Waals surface area contributed by atoms with Gasteiger partial charge in [0.25, 0.3) is 0 Å². The average molecular weight is 197 g/mol. The fourth-order valence-corrected chi connectivity index (χ4v) is 1.86. The highest BCUT2D eigenvalue weighted by Gasteiger charge is 2.13. The van der Waals surface area contributed by atoms with Gasteiger partial charge in [-0.2, -0.15) is 0 Å². The molecule has 0 aliphatic rings. The van der Waals surface area contributed by atoms with Gasteiger partial charge in [-0.15, -0.1) is 0 Å². The topological polar surface area (TPSA) is 88.8 Å². The molecule has 0 amide bonds. The summed E-state index contributed by atoms with van der Waals surface area (Å²) in [6, 6.07) is 3.31. The Hall–Kier alpha value is -1.40. The Morgan fingerprint density at radius 1 is 1.46 bits per heavy atom. The maximum absolute atomic E-state index is 11.0. The van der Waals surface area contributed by atoms with E-state index in [1.807, 2.05) is 0 Å². The van der Waals surface area contributed by atoms with Crippen molar-refractivity contribution in [2.45, 2.75) is 4.90 Å². The number of pyridine rings is 1. The van der Waals surface area contributed by atoms with Crippen LogP contribution in [-0.4, -0.2) is 18.4 Å². The van der Waals surface area contributed by atoms with Crippen LogP contribution in [0.1, 0.15) is 0 Å². The van der Waals surface area contributed by atoms with E-state index in [-0.39, 0.29) is 4.90 Å². The third-order valence-electron chi connectivity index (χ3n) is 1.72. The summed E-state index contributed by atoms with van der Waals surface area (Å²) < 4.78 is 22.1. The first-order valence-electron chi connectivity index (χ1n) is 3.54. The van der Waals surface area contributed by atoms with E-state index in [2.05, 4.69) is 9.97 Å². The number of nitrogens with zero attached hydrogens (tertiary/aromatic N) is 1. The summed E-state index contributed by atoms with van der Waals surface area (Å²) in [6.07, 6.45) is 2.92. The average Bonchev–Trinajstić information content (AvgIpc) is 2.45. The van der Waals surface area contributed by atoms with Gasteiger partial charge in [-0.3, -0.25) is 0 Å². The Balaban J connectivity index is 2.87. The molecule has 0 saturated carbocycles. The summed E-state index contributed by atoms with van der Waals surface area (Å²) in [4.78, 5) is 6.74. The first-order chi connectivity index (χ1) is 6.09. The largest absolute Gasteiger partial charge is 0.345 e. The van der Waals surface area contributed by atoms with Gasteiger partial charge in [-0.05, 0) is 12.1 Å². The minimum Gasteiger partial charge on any atom is -0.345 e. The zero-order valence-corrected chi connectivity index (χ0v) is 7.38. The molecule has 2 aromatic heterocycles. The fraction of sp³-hybridized carbons (Fsp3) is 0. The van der Waals surface area contributed by atoms with Gasteiger partial charge in [0.1, 0.15) is 10.5 Å². The van der Waals surface area contributed by atoms with Crippen LogP contribution in [0.3, 0.4) is 0 Å². The summed E-state index contributed by atoms with van der Waals surface area (Å²) >= 11 is 0. The lowest BCUT2D eigenvalue weighted by Gasteiger charge is -1.92. The Bertz CT molecular complexity index is 544. The molecule has 0 atom stereocenters. The number of aromatic amines is 1. The molecule has 0 spiro atoms. The lowest BCUT2D eigenvalue weighted by molar-refractivity contribution is 0.598. The van der Waals surface area contributed by atoms with Crippen molar-refractivity contribution in [3.63, 3.8) is 0 Å². The lowest BCUT2D eigenvalue weighted by atomic mass is 10.3. The van der Waals surface area contributed by atoms with Crippen LogP contribution in [0.15, 0.2) is 29.4 Å². The zero-order valence-electron chi connectivity index (χ0n) is 6.56. The Morgan fingerprint density at radius 2 is 2.23 bits per heavy atom. The summed E-state index contributed by atoms with van der Waals surface area (Å²) in [6.45, 7) is 0. The molecule has 3 N–H and O–H groups in total. The summed E-state index contributed by atoms with van der Waals surface area (Å²) in [5.41, 5.74) is 0.520. The summed E-state index contributed by atoms with van der Waals surface area (Å²) in [5, 5.41) is 5.51. The molecule has 13 heavy (non-hydrogen) atoms. The van der Waals surface area contributed by atoms with Crippen molar-refractivity contribution in [3.8, 4) is 0 Å². The van der Waals surface area contributed by atoms with Gasteiger partial charge in [0.05, 0.1) is 0 Å². The first kappa shape index (κ1) is 8.21. The molecule has 0 aliphatic carbocycles. The number of aromatic nitrogens is 2. The van der Waals surface area contributed by atoms with Crippen LogP contribution in [0.25, 0.3) is 11.0 Å².